The fraction of sp³-hybridized carbons (Fsp3) is 0.273. The fourth-order valence-electron chi connectivity index (χ4n) is 1.30. The molecule has 0 amide bonds. The summed E-state index contributed by atoms with van der Waals surface area (Å²) in [4.78, 5) is 17.6. The highest BCUT2D eigenvalue weighted by Crippen LogP contribution is 2.32. The minimum Gasteiger partial charge on any atom is -0.465 e. The van der Waals surface area contributed by atoms with Gasteiger partial charge in [0.05, 0.1) is 24.6 Å². The third kappa shape index (κ3) is 3.17. The second-order valence-electron chi connectivity index (χ2n) is 3.95. The molecule has 2 aromatic rings. The van der Waals surface area contributed by atoms with Gasteiger partial charge < -0.3 is 15.4 Å². The highest BCUT2D eigenvalue weighted by molar-refractivity contribution is 8.01. The molecule has 0 fully saturated rings. The number of esters is 1. The van der Waals surface area contributed by atoms with Crippen LogP contribution in [0, 0.1) is 0 Å². The van der Waals surface area contributed by atoms with E-state index in [1.165, 1.54) is 36.4 Å². The number of nitrogens with two attached hydrogens (primary N) is 1. The molecule has 0 saturated heterocycles. The molecule has 2 N–H and O–H groups in total. The Bertz CT molecular complexity index is 629. The van der Waals surface area contributed by atoms with Crippen molar-refractivity contribution in [2.45, 2.75) is 9.37 Å². The number of pyridine rings is 1. The number of hydrogen-bond acceptors (Lipinski definition) is 9. The van der Waals surface area contributed by atoms with Crippen molar-refractivity contribution in [3.63, 3.8) is 0 Å². The predicted molar refractivity (Wildman–Crippen MR) is 78.3 cm³/mol. The number of methoxy groups -OCH3 is 1. The molecule has 2 heterocycles. The molecule has 106 valence electrons. The van der Waals surface area contributed by atoms with E-state index in [9.17, 15) is 4.79 Å². The van der Waals surface area contributed by atoms with Crippen LogP contribution in [-0.4, -0.2) is 42.4 Å². The lowest BCUT2D eigenvalue weighted by Crippen LogP contribution is -2.07. The van der Waals surface area contributed by atoms with Crippen LogP contribution in [0.1, 0.15) is 10.4 Å². The molecule has 0 aliphatic heterocycles. The first-order chi connectivity index (χ1) is 9.51. The first-order valence-corrected chi connectivity index (χ1v) is 7.17. The van der Waals surface area contributed by atoms with Gasteiger partial charge in [-0.05, 0) is 17.8 Å². The van der Waals surface area contributed by atoms with E-state index >= 15 is 0 Å². The highest BCUT2D eigenvalue weighted by Gasteiger charge is 2.14. The molecule has 0 aromatic carbocycles. The first kappa shape index (κ1) is 14.5. The zero-order chi connectivity index (χ0) is 14.7. The molecular formula is C11H13N5O2S2. The summed E-state index contributed by atoms with van der Waals surface area (Å²) in [7, 11) is 5.10. The van der Waals surface area contributed by atoms with Crippen LogP contribution in [0.25, 0.3) is 0 Å². The number of aromatic nitrogens is 3. The van der Waals surface area contributed by atoms with Crippen LogP contribution in [0.4, 0.5) is 10.8 Å². The van der Waals surface area contributed by atoms with Crippen LogP contribution in [0.15, 0.2) is 21.6 Å². The Morgan fingerprint density at radius 2 is 2.20 bits per heavy atom. The number of hydrogen-bond donors (Lipinski definition) is 1. The quantitative estimate of drug-likeness (QED) is 0.849. The lowest BCUT2D eigenvalue weighted by atomic mass is 10.2. The fourth-order valence-corrected chi connectivity index (χ4v) is 2.99. The minimum atomic E-state index is -0.488. The molecule has 0 spiro atoms. The molecule has 0 aliphatic rings. The molecule has 0 bridgehead atoms. The van der Waals surface area contributed by atoms with Crippen molar-refractivity contribution in [3.05, 3.63) is 17.8 Å². The Hall–Kier alpha value is -1.87. The molecule has 0 aliphatic carbocycles. The maximum Gasteiger partial charge on any atom is 0.340 e. The van der Waals surface area contributed by atoms with Crippen molar-refractivity contribution in [2.24, 2.45) is 0 Å². The van der Waals surface area contributed by atoms with Gasteiger partial charge in [-0.2, -0.15) is 0 Å². The summed E-state index contributed by atoms with van der Waals surface area (Å²) in [6.45, 7) is 0. The Labute approximate surface area is 124 Å². The summed E-state index contributed by atoms with van der Waals surface area (Å²) in [6, 6.07) is 1.59. The number of carbonyl (C=O) groups is 1. The van der Waals surface area contributed by atoms with E-state index in [1.54, 1.807) is 6.07 Å². The molecular weight excluding hydrogens is 298 g/mol. The molecule has 20 heavy (non-hydrogen) atoms. The summed E-state index contributed by atoms with van der Waals surface area (Å²) in [6.07, 6.45) is 1.43. The summed E-state index contributed by atoms with van der Waals surface area (Å²) in [5.41, 5.74) is 6.28. The summed E-state index contributed by atoms with van der Waals surface area (Å²) in [5.74, 6) is -0.488. The van der Waals surface area contributed by atoms with Crippen molar-refractivity contribution in [1.82, 2.24) is 15.2 Å². The number of rotatable bonds is 4. The van der Waals surface area contributed by atoms with E-state index in [0.29, 0.717) is 10.6 Å². The van der Waals surface area contributed by atoms with Crippen molar-refractivity contribution in [2.75, 3.05) is 31.8 Å². The van der Waals surface area contributed by atoms with E-state index in [4.69, 9.17) is 5.73 Å². The van der Waals surface area contributed by atoms with Gasteiger partial charge >= 0.3 is 5.97 Å². The average Bonchev–Trinajstić information content (AvgIpc) is 2.89. The third-order valence-electron chi connectivity index (χ3n) is 2.29. The van der Waals surface area contributed by atoms with Gasteiger partial charge in [0.2, 0.25) is 5.13 Å². The lowest BCUT2D eigenvalue weighted by molar-refractivity contribution is 0.0601. The minimum absolute atomic E-state index is 0.285. The van der Waals surface area contributed by atoms with Crippen LogP contribution in [0.5, 0.6) is 0 Å². The Morgan fingerprint density at radius 1 is 1.45 bits per heavy atom. The number of nitrogens with zero attached hydrogens (tertiary/aromatic N) is 4. The van der Waals surface area contributed by atoms with Gasteiger partial charge in [-0.3, -0.25) is 0 Å². The highest BCUT2D eigenvalue weighted by atomic mass is 32.2. The number of ether oxygens (including phenoxy) is 1. The van der Waals surface area contributed by atoms with Crippen LogP contribution >= 0.6 is 23.1 Å². The smallest absolute Gasteiger partial charge is 0.340 e. The van der Waals surface area contributed by atoms with Crippen molar-refractivity contribution >= 4 is 39.9 Å². The normalized spacial score (nSPS) is 10.3. The van der Waals surface area contributed by atoms with Crippen molar-refractivity contribution in [3.8, 4) is 0 Å². The van der Waals surface area contributed by atoms with E-state index in [1.807, 2.05) is 19.0 Å². The van der Waals surface area contributed by atoms with Crippen molar-refractivity contribution in [1.29, 1.82) is 0 Å². The monoisotopic (exact) mass is 311 g/mol. The van der Waals surface area contributed by atoms with Crippen LogP contribution in [0.3, 0.4) is 0 Å². The zero-order valence-corrected chi connectivity index (χ0v) is 12.8. The molecule has 9 heteroatoms. The standard InChI is InChI=1S/C11H13N5O2S2/c1-16(2)10-14-15-11(20-10)19-8-4-6(9(17)18-3)7(12)5-13-8/h4-5H,12H2,1-3H3. The second-order valence-corrected chi connectivity index (χ2v) is 6.17. The predicted octanol–water partition coefficient (Wildman–Crippen LogP) is 1.52. The second kappa shape index (κ2) is 6.06. The number of anilines is 2. The third-order valence-corrected chi connectivity index (χ3v) is 4.36. The Balaban J connectivity index is 2.22. The lowest BCUT2D eigenvalue weighted by Gasteiger charge is -2.05. The number of nitrogen functional groups attached to an aromatic ring is 1. The summed E-state index contributed by atoms with van der Waals surface area (Å²) in [5, 5.41) is 9.50. The SMILES string of the molecule is COC(=O)c1cc(Sc2nnc(N(C)C)s2)ncc1N. The topological polar surface area (TPSA) is 94.2 Å². The molecule has 0 radical (unpaired) electrons. The van der Waals surface area contributed by atoms with Gasteiger partial charge in [-0.15, -0.1) is 10.2 Å². The molecule has 0 atom stereocenters. The zero-order valence-electron chi connectivity index (χ0n) is 11.2. The summed E-state index contributed by atoms with van der Waals surface area (Å²) >= 11 is 2.76. The van der Waals surface area contributed by atoms with Crippen molar-refractivity contribution < 1.29 is 9.53 Å². The maximum atomic E-state index is 11.6. The summed E-state index contributed by atoms with van der Waals surface area (Å²) < 4.78 is 5.41. The molecule has 0 unspecified atom stereocenters. The van der Waals surface area contributed by atoms with Crippen LogP contribution in [0.2, 0.25) is 0 Å². The molecule has 0 saturated carbocycles. The van der Waals surface area contributed by atoms with E-state index in [-0.39, 0.29) is 5.69 Å². The molecule has 7 nitrogen and oxygen atoms in total. The molecule has 2 aromatic heterocycles. The first-order valence-electron chi connectivity index (χ1n) is 5.53. The molecule has 2 rings (SSSR count). The van der Waals surface area contributed by atoms with E-state index in [0.717, 1.165) is 9.47 Å². The Morgan fingerprint density at radius 3 is 2.80 bits per heavy atom. The van der Waals surface area contributed by atoms with Gasteiger partial charge in [-0.25, -0.2) is 9.78 Å². The van der Waals surface area contributed by atoms with Gasteiger partial charge in [0.15, 0.2) is 4.34 Å². The van der Waals surface area contributed by atoms with Crippen LogP contribution in [-0.2, 0) is 4.74 Å². The van der Waals surface area contributed by atoms with E-state index < -0.39 is 5.97 Å². The van der Waals surface area contributed by atoms with Gasteiger partial charge in [0.1, 0.15) is 5.03 Å². The Kier molecular flexibility index (Phi) is 4.40. The number of carbonyl (C=O) groups excluding carboxylic acids is 1. The van der Waals surface area contributed by atoms with Crippen LogP contribution < -0.4 is 10.6 Å². The van der Waals surface area contributed by atoms with Gasteiger partial charge in [0, 0.05) is 14.1 Å². The average molecular weight is 311 g/mol. The largest absolute Gasteiger partial charge is 0.465 e. The maximum absolute atomic E-state index is 11.6. The van der Waals surface area contributed by atoms with Gasteiger partial charge in [0.25, 0.3) is 0 Å². The van der Waals surface area contributed by atoms with Gasteiger partial charge in [-0.1, -0.05) is 11.3 Å². The van der Waals surface area contributed by atoms with E-state index in [2.05, 4.69) is 19.9 Å².